The standard InChI is InChI=1S/C12H12N2O7/c15-7-3-1-2-6(14(19)20)10(7)13-11(16)8-4-5-9(21-8)12(17)18/h1-3,8-9,15H,4-5H2,(H,13,16)(H,17,18). The Bertz CT molecular complexity index is 601. The molecule has 2 rings (SSSR count). The minimum Gasteiger partial charge on any atom is -0.505 e. The molecule has 0 radical (unpaired) electrons. The van der Waals surface area contributed by atoms with E-state index in [0.29, 0.717) is 0 Å². The summed E-state index contributed by atoms with van der Waals surface area (Å²) in [6, 6.07) is 3.60. The summed E-state index contributed by atoms with van der Waals surface area (Å²) in [5, 5.41) is 31.5. The van der Waals surface area contributed by atoms with Gasteiger partial charge in [0.25, 0.3) is 11.6 Å². The minimum absolute atomic E-state index is 0.177. The molecular formula is C12H12N2O7. The molecule has 9 nitrogen and oxygen atoms in total. The van der Waals surface area contributed by atoms with Crippen molar-refractivity contribution in [1.82, 2.24) is 0 Å². The van der Waals surface area contributed by atoms with Gasteiger partial charge in [-0.15, -0.1) is 0 Å². The van der Waals surface area contributed by atoms with Crippen molar-refractivity contribution in [1.29, 1.82) is 0 Å². The summed E-state index contributed by atoms with van der Waals surface area (Å²) >= 11 is 0. The summed E-state index contributed by atoms with van der Waals surface area (Å²) in [6.07, 6.45) is -1.73. The third kappa shape index (κ3) is 3.08. The van der Waals surface area contributed by atoms with Gasteiger partial charge in [-0.3, -0.25) is 14.9 Å². The van der Waals surface area contributed by atoms with Gasteiger partial charge in [0.05, 0.1) is 4.92 Å². The number of rotatable bonds is 4. The Kier molecular flexibility index (Phi) is 4.03. The van der Waals surface area contributed by atoms with Crippen molar-refractivity contribution in [2.24, 2.45) is 0 Å². The number of aromatic hydroxyl groups is 1. The second-order valence-electron chi connectivity index (χ2n) is 4.45. The van der Waals surface area contributed by atoms with Crippen LogP contribution >= 0.6 is 0 Å². The number of nitro benzene ring substituents is 1. The van der Waals surface area contributed by atoms with Crippen molar-refractivity contribution < 1.29 is 29.5 Å². The quantitative estimate of drug-likeness (QED) is 0.425. The van der Waals surface area contributed by atoms with Crippen LogP contribution in [0.15, 0.2) is 18.2 Å². The molecule has 1 aromatic carbocycles. The second kappa shape index (κ2) is 5.75. The highest BCUT2D eigenvalue weighted by atomic mass is 16.6. The van der Waals surface area contributed by atoms with E-state index in [1.807, 2.05) is 0 Å². The zero-order chi connectivity index (χ0) is 15.6. The number of amides is 1. The maximum absolute atomic E-state index is 11.9. The minimum atomic E-state index is -1.17. The fraction of sp³-hybridized carbons (Fsp3) is 0.333. The Morgan fingerprint density at radius 2 is 2.00 bits per heavy atom. The molecule has 1 aliphatic rings. The molecule has 0 bridgehead atoms. The van der Waals surface area contributed by atoms with Gasteiger partial charge in [0.1, 0.15) is 11.9 Å². The van der Waals surface area contributed by atoms with Crippen LogP contribution in [0.3, 0.4) is 0 Å². The van der Waals surface area contributed by atoms with Crippen LogP contribution in [-0.2, 0) is 14.3 Å². The molecule has 1 amide bonds. The lowest BCUT2D eigenvalue weighted by Gasteiger charge is -2.12. The number of nitrogens with one attached hydrogen (secondary N) is 1. The first-order chi connectivity index (χ1) is 9.90. The van der Waals surface area contributed by atoms with Crippen LogP contribution in [0.5, 0.6) is 5.75 Å². The topological polar surface area (TPSA) is 139 Å². The Balaban J connectivity index is 2.14. The molecule has 0 spiro atoms. The van der Waals surface area contributed by atoms with E-state index < -0.39 is 40.4 Å². The molecule has 2 atom stereocenters. The zero-order valence-corrected chi connectivity index (χ0v) is 10.7. The summed E-state index contributed by atoms with van der Waals surface area (Å²) < 4.78 is 5.03. The van der Waals surface area contributed by atoms with Crippen LogP contribution in [0.4, 0.5) is 11.4 Å². The Hall–Kier alpha value is -2.68. The normalized spacial score (nSPS) is 21.0. The van der Waals surface area contributed by atoms with E-state index in [1.165, 1.54) is 12.1 Å². The van der Waals surface area contributed by atoms with Gasteiger partial charge in [-0.25, -0.2) is 4.79 Å². The molecule has 1 fully saturated rings. The van der Waals surface area contributed by atoms with Gasteiger partial charge in [-0.1, -0.05) is 6.07 Å². The molecule has 0 aromatic heterocycles. The van der Waals surface area contributed by atoms with E-state index in [4.69, 9.17) is 9.84 Å². The Labute approximate surface area is 118 Å². The van der Waals surface area contributed by atoms with Crippen LogP contribution in [0.25, 0.3) is 0 Å². The number of carbonyl (C=O) groups excluding carboxylic acids is 1. The lowest BCUT2D eigenvalue weighted by Crippen LogP contribution is -2.30. The van der Waals surface area contributed by atoms with Gasteiger partial charge in [-0.2, -0.15) is 0 Å². The summed E-state index contributed by atoms with van der Waals surface area (Å²) in [6.45, 7) is 0. The number of para-hydroxylation sites is 1. The van der Waals surface area contributed by atoms with E-state index in [9.17, 15) is 24.8 Å². The number of aliphatic carboxylic acids is 1. The van der Waals surface area contributed by atoms with Crippen molar-refractivity contribution >= 4 is 23.3 Å². The van der Waals surface area contributed by atoms with Crippen LogP contribution < -0.4 is 5.32 Å². The molecule has 112 valence electrons. The van der Waals surface area contributed by atoms with Crippen molar-refractivity contribution in [3.8, 4) is 5.75 Å². The summed E-state index contributed by atoms with van der Waals surface area (Å²) in [5.41, 5.74) is -0.800. The Morgan fingerprint density at radius 3 is 2.57 bits per heavy atom. The average molecular weight is 296 g/mol. The molecule has 9 heteroatoms. The smallest absolute Gasteiger partial charge is 0.332 e. The third-order valence-corrected chi connectivity index (χ3v) is 3.05. The summed E-state index contributed by atoms with van der Waals surface area (Å²) in [7, 11) is 0. The van der Waals surface area contributed by atoms with E-state index in [0.717, 1.165) is 6.07 Å². The van der Waals surface area contributed by atoms with Crippen molar-refractivity contribution in [3.05, 3.63) is 28.3 Å². The van der Waals surface area contributed by atoms with Crippen LogP contribution in [0.1, 0.15) is 12.8 Å². The largest absolute Gasteiger partial charge is 0.505 e. The van der Waals surface area contributed by atoms with Gasteiger partial charge in [-0.05, 0) is 18.9 Å². The Morgan fingerprint density at radius 1 is 1.33 bits per heavy atom. The van der Waals surface area contributed by atoms with Crippen LogP contribution in [0.2, 0.25) is 0 Å². The van der Waals surface area contributed by atoms with Crippen LogP contribution in [-0.4, -0.2) is 39.2 Å². The molecule has 1 heterocycles. The van der Waals surface area contributed by atoms with Gasteiger partial charge >= 0.3 is 5.97 Å². The number of ether oxygens (including phenoxy) is 1. The first-order valence-electron chi connectivity index (χ1n) is 6.05. The SMILES string of the molecule is O=C(O)C1CCC(C(=O)Nc2c(O)cccc2[N+](=O)[O-])O1. The number of anilines is 1. The number of carboxylic acid groups (broad SMARTS) is 1. The predicted molar refractivity (Wildman–Crippen MR) is 68.9 cm³/mol. The monoisotopic (exact) mass is 296 g/mol. The lowest BCUT2D eigenvalue weighted by molar-refractivity contribution is -0.384. The molecule has 1 saturated heterocycles. The molecule has 2 unspecified atom stereocenters. The van der Waals surface area contributed by atoms with Gasteiger partial charge in [0.15, 0.2) is 11.8 Å². The summed E-state index contributed by atoms with van der Waals surface area (Å²) in [4.78, 5) is 32.8. The number of carbonyl (C=O) groups is 2. The highest BCUT2D eigenvalue weighted by Crippen LogP contribution is 2.33. The first-order valence-corrected chi connectivity index (χ1v) is 6.05. The predicted octanol–water partition coefficient (Wildman–Crippen LogP) is 0.871. The fourth-order valence-corrected chi connectivity index (χ4v) is 2.02. The molecule has 3 N–H and O–H groups in total. The van der Waals surface area contributed by atoms with Crippen molar-refractivity contribution in [2.75, 3.05) is 5.32 Å². The molecule has 21 heavy (non-hydrogen) atoms. The number of hydrogen-bond donors (Lipinski definition) is 3. The maximum Gasteiger partial charge on any atom is 0.332 e. The van der Waals surface area contributed by atoms with Crippen LogP contribution in [0, 0.1) is 10.1 Å². The molecule has 0 aliphatic carbocycles. The highest BCUT2D eigenvalue weighted by Gasteiger charge is 2.35. The average Bonchev–Trinajstić information content (AvgIpc) is 2.90. The lowest BCUT2D eigenvalue weighted by atomic mass is 10.2. The fourth-order valence-electron chi connectivity index (χ4n) is 2.02. The van der Waals surface area contributed by atoms with Gasteiger partial charge < -0.3 is 20.3 Å². The van der Waals surface area contributed by atoms with Crippen molar-refractivity contribution in [3.63, 3.8) is 0 Å². The summed E-state index contributed by atoms with van der Waals surface area (Å²) in [5.74, 6) is -2.35. The van der Waals surface area contributed by atoms with Gasteiger partial charge in [0.2, 0.25) is 0 Å². The molecule has 0 saturated carbocycles. The molecular weight excluding hydrogens is 284 g/mol. The third-order valence-electron chi connectivity index (χ3n) is 3.05. The van der Waals surface area contributed by atoms with Gasteiger partial charge in [0, 0.05) is 6.07 Å². The van der Waals surface area contributed by atoms with E-state index >= 15 is 0 Å². The van der Waals surface area contributed by atoms with Crippen molar-refractivity contribution in [2.45, 2.75) is 25.0 Å². The maximum atomic E-state index is 11.9. The number of phenolic OH excluding ortho intramolecular Hbond substituents is 1. The number of nitro groups is 1. The number of carboxylic acids is 1. The van der Waals surface area contributed by atoms with E-state index in [-0.39, 0.29) is 18.5 Å². The number of benzene rings is 1. The first kappa shape index (κ1) is 14.7. The van der Waals surface area contributed by atoms with E-state index in [1.54, 1.807) is 0 Å². The highest BCUT2D eigenvalue weighted by molar-refractivity contribution is 5.98. The zero-order valence-electron chi connectivity index (χ0n) is 10.7. The molecule has 1 aliphatic heterocycles. The second-order valence-corrected chi connectivity index (χ2v) is 4.45. The molecule has 1 aromatic rings. The number of nitrogens with zero attached hydrogens (tertiary/aromatic N) is 1. The van der Waals surface area contributed by atoms with E-state index in [2.05, 4.69) is 5.32 Å². The number of hydrogen-bond acceptors (Lipinski definition) is 6. The number of phenols is 1.